The second-order valence-corrected chi connectivity index (χ2v) is 9.63. The van der Waals surface area contributed by atoms with Crippen LogP contribution in [0.4, 0.5) is 0 Å². The quantitative estimate of drug-likeness (QED) is 0.298. The molecule has 0 N–H and O–H groups in total. The number of hydrogen-bond donors (Lipinski definition) is 0. The molecule has 1 aliphatic heterocycles. The fourth-order valence-corrected chi connectivity index (χ4v) is 4.70. The Morgan fingerprint density at radius 1 is 0.688 bits per heavy atom. The van der Waals surface area contributed by atoms with Gasteiger partial charge in [0.1, 0.15) is 11.2 Å². The number of rotatable bonds is 2. The zero-order chi connectivity index (χ0) is 22.1. The molecular formula is C28H25BO3. The summed E-state index contributed by atoms with van der Waals surface area (Å²) >= 11 is 0. The lowest BCUT2D eigenvalue weighted by Gasteiger charge is -2.32. The van der Waals surface area contributed by atoms with Gasteiger partial charge in [-0.2, -0.15) is 0 Å². The summed E-state index contributed by atoms with van der Waals surface area (Å²) in [4.78, 5) is 0. The number of benzene rings is 4. The van der Waals surface area contributed by atoms with Crippen molar-refractivity contribution in [3.05, 3.63) is 78.9 Å². The Balaban J connectivity index is 1.74. The molecule has 5 aromatic rings. The largest absolute Gasteiger partial charge is 0.495 e. The predicted molar refractivity (Wildman–Crippen MR) is 132 cm³/mol. The molecule has 158 valence electrons. The van der Waals surface area contributed by atoms with Crippen LogP contribution in [0.3, 0.4) is 0 Å². The molecule has 0 spiro atoms. The van der Waals surface area contributed by atoms with Crippen molar-refractivity contribution in [2.75, 3.05) is 0 Å². The van der Waals surface area contributed by atoms with Gasteiger partial charge in [-0.05, 0) is 55.7 Å². The third-order valence-corrected chi connectivity index (χ3v) is 7.11. The summed E-state index contributed by atoms with van der Waals surface area (Å²) in [5.74, 6) is 0. The summed E-state index contributed by atoms with van der Waals surface area (Å²) in [6.45, 7) is 8.37. The highest BCUT2D eigenvalue weighted by Crippen LogP contribution is 2.41. The van der Waals surface area contributed by atoms with Crippen LogP contribution >= 0.6 is 0 Å². The molecule has 0 aliphatic carbocycles. The Morgan fingerprint density at radius 2 is 1.38 bits per heavy atom. The van der Waals surface area contributed by atoms with Crippen LogP contribution in [0.1, 0.15) is 27.7 Å². The third-order valence-electron chi connectivity index (χ3n) is 7.11. The van der Waals surface area contributed by atoms with Crippen molar-refractivity contribution in [1.82, 2.24) is 0 Å². The smallest absolute Gasteiger partial charge is 0.455 e. The lowest BCUT2D eigenvalue weighted by Crippen LogP contribution is -2.41. The maximum absolute atomic E-state index is 6.52. The van der Waals surface area contributed by atoms with E-state index in [0.29, 0.717) is 0 Å². The molecule has 0 unspecified atom stereocenters. The molecule has 32 heavy (non-hydrogen) atoms. The summed E-state index contributed by atoms with van der Waals surface area (Å²) in [7, 11) is -0.475. The zero-order valence-corrected chi connectivity index (χ0v) is 18.8. The van der Waals surface area contributed by atoms with Crippen LogP contribution in [0, 0.1) is 0 Å². The number of fused-ring (bicyclic) bond motifs is 5. The molecule has 1 fully saturated rings. The van der Waals surface area contributed by atoms with Gasteiger partial charge in [-0.3, -0.25) is 0 Å². The highest BCUT2D eigenvalue weighted by atomic mass is 16.7. The fourth-order valence-electron chi connectivity index (χ4n) is 4.70. The molecule has 0 radical (unpaired) electrons. The number of hydrogen-bond acceptors (Lipinski definition) is 3. The normalized spacial score (nSPS) is 17.6. The standard InChI is InChI=1S/C28H25BO3/c1-27(2)28(3,4)32-29(31-27)22-17-19-13-8-9-14-21(19)26-25(22)24-20(15-10-16-23(24)30-26)18-11-6-5-7-12-18/h5-17H,1-4H3. The van der Waals surface area contributed by atoms with Crippen molar-refractivity contribution in [3.8, 4) is 11.1 Å². The highest BCUT2D eigenvalue weighted by Gasteiger charge is 2.52. The SMILES string of the molecule is CC1(C)OB(c2cc3ccccc3c3oc4cccc(-c5ccccc5)c4c23)OC1(C)C. The van der Waals surface area contributed by atoms with E-state index < -0.39 is 18.3 Å². The monoisotopic (exact) mass is 420 g/mol. The first-order valence-corrected chi connectivity index (χ1v) is 11.1. The minimum Gasteiger partial charge on any atom is -0.455 e. The Bertz CT molecular complexity index is 1460. The predicted octanol–water partition coefficient (Wildman–Crippen LogP) is 6.71. The molecule has 6 rings (SSSR count). The molecule has 0 atom stereocenters. The molecule has 0 saturated carbocycles. The molecule has 0 bridgehead atoms. The molecule has 2 heterocycles. The average molecular weight is 420 g/mol. The summed E-state index contributed by atoms with van der Waals surface area (Å²) in [6, 6.07) is 27.3. The van der Waals surface area contributed by atoms with E-state index >= 15 is 0 Å². The van der Waals surface area contributed by atoms with Gasteiger partial charge in [0.2, 0.25) is 0 Å². The van der Waals surface area contributed by atoms with E-state index in [0.717, 1.165) is 49.3 Å². The van der Waals surface area contributed by atoms with Gasteiger partial charge in [-0.1, -0.05) is 72.8 Å². The summed E-state index contributed by atoms with van der Waals surface area (Å²) < 4.78 is 19.5. The maximum Gasteiger partial charge on any atom is 0.495 e. The van der Waals surface area contributed by atoms with E-state index in [1.54, 1.807) is 0 Å². The summed E-state index contributed by atoms with van der Waals surface area (Å²) in [5.41, 5.74) is 4.24. The Hall–Kier alpha value is -3.08. The van der Waals surface area contributed by atoms with Crippen LogP contribution in [-0.4, -0.2) is 18.3 Å². The third kappa shape index (κ3) is 2.76. The van der Waals surface area contributed by atoms with E-state index in [1.165, 1.54) is 0 Å². The van der Waals surface area contributed by atoms with Gasteiger partial charge < -0.3 is 13.7 Å². The van der Waals surface area contributed by atoms with E-state index in [2.05, 4.69) is 94.4 Å². The molecule has 3 nitrogen and oxygen atoms in total. The molecule has 4 heteroatoms. The van der Waals surface area contributed by atoms with Crippen LogP contribution in [0.2, 0.25) is 0 Å². The zero-order valence-electron chi connectivity index (χ0n) is 18.8. The van der Waals surface area contributed by atoms with Gasteiger partial charge in [0.25, 0.3) is 0 Å². The van der Waals surface area contributed by atoms with Crippen LogP contribution in [0.25, 0.3) is 43.8 Å². The Labute approximate surface area is 188 Å². The second-order valence-electron chi connectivity index (χ2n) is 9.63. The van der Waals surface area contributed by atoms with E-state index in [1.807, 2.05) is 12.1 Å². The van der Waals surface area contributed by atoms with Gasteiger partial charge in [-0.15, -0.1) is 0 Å². The topological polar surface area (TPSA) is 31.6 Å². The second kappa shape index (κ2) is 6.71. The molecule has 1 aliphatic rings. The first-order chi connectivity index (χ1) is 15.4. The van der Waals surface area contributed by atoms with Crippen LogP contribution < -0.4 is 5.46 Å². The summed E-state index contributed by atoms with van der Waals surface area (Å²) in [6.07, 6.45) is 0. The van der Waals surface area contributed by atoms with Crippen LogP contribution in [-0.2, 0) is 9.31 Å². The van der Waals surface area contributed by atoms with E-state index in [-0.39, 0.29) is 0 Å². The molecular weight excluding hydrogens is 395 g/mol. The van der Waals surface area contributed by atoms with Crippen molar-refractivity contribution in [2.24, 2.45) is 0 Å². The van der Waals surface area contributed by atoms with Gasteiger partial charge >= 0.3 is 7.12 Å². The fraction of sp³-hybridized carbons (Fsp3) is 0.214. The molecule has 4 aromatic carbocycles. The number of furan rings is 1. The van der Waals surface area contributed by atoms with Gasteiger partial charge in [0, 0.05) is 16.2 Å². The first kappa shape index (κ1) is 19.6. The Kier molecular flexibility index (Phi) is 4.11. The van der Waals surface area contributed by atoms with Crippen LogP contribution in [0.15, 0.2) is 83.3 Å². The highest BCUT2D eigenvalue weighted by molar-refractivity contribution is 6.66. The minimum atomic E-state index is -0.475. The average Bonchev–Trinajstić information content (AvgIpc) is 3.28. The molecule has 1 saturated heterocycles. The van der Waals surface area contributed by atoms with Gasteiger partial charge in [0.15, 0.2) is 0 Å². The Morgan fingerprint density at radius 3 is 2.12 bits per heavy atom. The lowest BCUT2D eigenvalue weighted by atomic mass is 9.75. The van der Waals surface area contributed by atoms with Gasteiger partial charge in [-0.25, -0.2) is 0 Å². The maximum atomic E-state index is 6.52. The van der Waals surface area contributed by atoms with Crippen molar-refractivity contribution in [2.45, 2.75) is 38.9 Å². The van der Waals surface area contributed by atoms with Crippen molar-refractivity contribution >= 4 is 45.3 Å². The van der Waals surface area contributed by atoms with Crippen molar-refractivity contribution in [3.63, 3.8) is 0 Å². The van der Waals surface area contributed by atoms with Crippen molar-refractivity contribution in [1.29, 1.82) is 0 Å². The first-order valence-electron chi connectivity index (χ1n) is 11.1. The minimum absolute atomic E-state index is 0.419. The summed E-state index contributed by atoms with van der Waals surface area (Å²) in [5, 5.41) is 4.38. The molecule has 1 aromatic heterocycles. The van der Waals surface area contributed by atoms with Gasteiger partial charge in [0.05, 0.1) is 11.2 Å². The van der Waals surface area contributed by atoms with Crippen LogP contribution in [0.5, 0.6) is 0 Å². The van der Waals surface area contributed by atoms with Crippen molar-refractivity contribution < 1.29 is 13.7 Å². The van der Waals surface area contributed by atoms with E-state index in [4.69, 9.17) is 13.7 Å². The molecule has 0 amide bonds. The van der Waals surface area contributed by atoms with E-state index in [9.17, 15) is 0 Å². The lowest BCUT2D eigenvalue weighted by molar-refractivity contribution is 0.00578.